The first-order valence-electron chi connectivity index (χ1n) is 8.76. The Morgan fingerprint density at radius 3 is 3.12 bits per heavy atom. The number of carbonyl (C=O) groups excluding carboxylic acids is 1. The molecule has 6 nitrogen and oxygen atoms in total. The van der Waals surface area contributed by atoms with Crippen molar-refractivity contribution in [3.05, 3.63) is 54.1 Å². The zero-order valence-electron chi connectivity index (χ0n) is 14.5. The van der Waals surface area contributed by atoms with Gasteiger partial charge in [-0.3, -0.25) is 9.97 Å². The van der Waals surface area contributed by atoms with E-state index in [4.69, 9.17) is 4.74 Å². The number of aromatic nitrogens is 2. The van der Waals surface area contributed by atoms with Gasteiger partial charge in [-0.2, -0.15) is 0 Å². The van der Waals surface area contributed by atoms with Gasteiger partial charge in [-0.1, -0.05) is 12.1 Å². The van der Waals surface area contributed by atoms with Crippen LogP contribution in [-0.2, 0) is 6.42 Å². The lowest BCUT2D eigenvalue weighted by atomic mass is 10.1. The molecular weight excluding hydrogens is 316 g/mol. The smallest absolute Gasteiger partial charge is 0.317 e. The van der Waals surface area contributed by atoms with Crippen LogP contribution in [0.25, 0.3) is 0 Å². The quantitative estimate of drug-likeness (QED) is 0.878. The van der Waals surface area contributed by atoms with Crippen molar-refractivity contribution in [2.24, 2.45) is 0 Å². The van der Waals surface area contributed by atoms with E-state index in [-0.39, 0.29) is 11.9 Å². The van der Waals surface area contributed by atoms with E-state index in [2.05, 4.69) is 21.4 Å². The minimum absolute atomic E-state index is 0.00708. The van der Waals surface area contributed by atoms with Crippen molar-refractivity contribution in [1.82, 2.24) is 20.2 Å². The predicted octanol–water partition coefficient (Wildman–Crippen LogP) is 2.62. The van der Waals surface area contributed by atoms with E-state index in [1.165, 1.54) is 0 Å². The summed E-state index contributed by atoms with van der Waals surface area (Å²) in [4.78, 5) is 22.7. The van der Waals surface area contributed by atoms with Gasteiger partial charge in [0.2, 0.25) is 0 Å². The van der Waals surface area contributed by atoms with Gasteiger partial charge < -0.3 is 15.0 Å². The summed E-state index contributed by atoms with van der Waals surface area (Å²) in [5, 5.41) is 3.01. The number of amides is 2. The van der Waals surface area contributed by atoms with Crippen molar-refractivity contribution in [1.29, 1.82) is 0 Å². The number of likely N-dealkylation sites (tertiary alicyclic amines) is 1. The van der Waals surface area contributed by atoms with Gasteiger partial charge in [0.05, 0.1) is 12.3 Å². The van der Waals surface area contributed by atoms with Crippen LogP contribution in [0.1, 0.15) is 30.5 Å². The van der Waals surface area contributed by atoms with Gasteiger partial charge in [-0.25, -0.2) is 4.79 Å². The van der Waals surface area contributed by atoms with Crippen LogP contribution >= 0.6 is 0 Å². The summed E-state index contributed by atoms with van der Waals surface area (Å²) in [5.41, 5.74) is 2.12. The minimum atomic E-state index is -0.00708. The number of hydrogen-bond acceptors (Lipinski definition) is 4. The Labute approximate surface area is 148 Å². The Balaban J connectivity index is 1.45. The van der Waals surface area contributed by atoms with Crippen LogP contribution < -0.4 is 10.1 Å². The highest BCUT2D eigenvalue weighted by atomic mass is 16.5. The summed E-state index contributed by atoms with van der Waals surface area (Å²) in [6.07, 6.45) is 6.88. The van der Waals surface area contributed by atoms with E-state index in [9.17, 15) is 4.79 Å². The van der Waals surface area contributed by atoms with Crippen LogP contribution in [0.15, 0.2) is 42.9 Å². The van der Waals surface area contributed by atoms with E-state index >= 15 is 0 Å². The van der Waals surface area contributed by atoms with Crippen molar-refractivity contribution < 1.29 is 9.53 Å². The van der Waals surface area contributed by atoms with E-state index in [0.29, 0.717) is 19.7 Å². The molecule has 1 atom stereocenters. The van der Waals surface area contributed by atoms with Gasteiger partial charge in [-0.15, -0.1) is 0 Å². The predicted molar refractivity (Wildman–Crippen MR) is 95.7 cm³/mol. The van der Waals surface area contributed by atoms with E-state index in [0.717, 1.165) is 36.4 Å². The topological polar surface area (TPSA) is 67.3 Å². The monoisotopic (exact) mass is 340 g/mol. The number of rotatable bonds is 6. The third-order valence-corrected chi connectivity index (χ3v) is 4.38. The standard InChI is InChI=1S/C19H24N4O2/c1-2-25-17-5-3-4-15(12-17)6-8-22-19(24)23-11-7-16(14-23)18-13-20-9-10-21-18/h3-5,9-10,12-13,16H,2,6-8,11,14H2,1H3,(H,22,24). The lowest BCUT2D eigenvalue weighted by Crippen LogP contribution is -2.39. The molecule has 0 bridgehead atoms. The molecule has 0 aliphatic carbocycles. The number of nitrogens with zero attached hydrogens (tertiary/aromatic N) is 3. The summed E-state index contributed by atoms with van der Waals surface area (Å²) in [7, 11) is 0. The lowest BCUT2D eigenvalue weighted by molar-refractivity contribution is 0.208. The molecular formula is C19H24N4O2. The third kappa shape index (κ3) is 4.68. The van der Waals surface area contributed by atoms with E-state index in [1.54, 1.807) is 18.6 Å². The molecule has 132 valence electrons. The lowest BCUT2D eigenvalue weighted by Gasteiger charge is -2.17. The second kappa shape index (κ2) is 8.46. The highest BCUT2D eigenvalue weighted by Crippen LogP contribution is 2.24. The Morgan fingerprint density at radius 1 is 1.40 bits per heavy atom. The third-order valence-electron chi connectivity index (χ3n) is 4.38. The molecule has 0 spiro atoms. The normalized spacial score (nSPS) is 16.7. The summed E-state index contributed by atoms with van der Waals surface area (Å²) in [6, 6.07) is 7.99. The molecule has 2 heterocycles. The van der Waals surface area contributed by atoms with E-state index in [1.807, 2.05) is 30.0 Å². The largest absolute Gasteiger partial charge is 0.494 e. The number of hydrogen-bond donors (Lipinski definition) is 1. The zero-order valence-corrected chi connectivity index (χ0v) is 14.5. The molecule has 1 aliphatic heterocycles. The van der Waals surface area contributed by atoms with Gasteiger partial charge >= 0.3 is 6.03 Å². The van der Waals surface area contributed by atoms with E-state index < -0.39 is 0 Å². The average molecular weight is 340 g/mol. The summed E-state index contributed by atoms with van der Waals surface area (Å²) < 4.78 is 5.50. The van der Waals surface area contributed by atoms with Crippen LogP contribution in [0.2, 0.25) is 0 Å². The first-order valence-corrected chi connectivity index (χ1v) is 8.76. The molecule has 6 heteroatoms. The second-order valence-corrected chi connectivity index (χ2v) is 6.12. The summed E-state index contributed by atoms with van der Waals surface area (Å²) in [6.45, 7) is 4.69. The molecule has 1 unspecified atom stereocenters. The Bertz CT molecular complexity index is 693. The summed E-state index contributed by atoms with van der Waals surface area (Å²) >= 11 is 0. The fraction of sp³-hybridized carbons (Fsp3) is 0.421. The molecule has 2 amide bonds. The first-order chi connectivity index (χ1) is 12.3. The molecule has 1 aliphatic rings. The molecule has 0 radical (unpaired) electrons. The van der Waals surface area contributed by atoms with Gasteiger partial charge in [0.15, 0.2) is 0 Å². The van der Waals surface area contributed by atoms with Gasteiger partial charge in [0.25, 0.3) is 0 Å². The molecule has 1 aromatic carbocycles. The molecule has 1 aromatic heterocycles. The fourth-order valence-electron chi connectivity index (χ4n) is 3.09. The van der Waals surface area contributed by atoms with Crippen LogP contribution in [0.5, 0.6) is 5.75 Å². The number of benzene rings is 1. The Kier molecular flexibility index (Phi) is 5.82. The molecule has 1 N–H and O–H groups in total. The maximum absolute atomic E-state index is 12.3. The van der Waals surface area contributed by atoms with Crippen LogP contribution in [0, 0.1) is 0 Å². The molecule has 2 aromatic rings. The number of carbonyl (C=O) groups is 1. The highest BCUT2D eigenvalue weighted by Gasteiger charge is 2.27. The maximum Gasteiger partial charge on any atom is 0.317 e. The zero-order chi connectivity index (χ0) is 17.5. The molecule has 25 heavy (non-hydrogen) atoms. The van der Waals surface area contributed by atoms with Gasteiger partial charge in [0, 0.05) is 44.1 Å². The summed E-state index contributed by atoms with van der Waals surface area (Å²) in [5.74, 6) is 1.15. The minimum Gasteiger partial charge on any atom is -0.494 e. The molecule has 1 fully saturated rings. The number of ether oxygens (including phenoxy) is 1. The molecule has 0 saturated carbocycles. The number of urea groups is 1. The second-order valence-electron chi connectivity index (χ2n) is 6.12. The van der Waals surface area contributed by atoms with Crippen LogP contribution in [0.3, 0.4) is 0 Å². The first kappa shape index (κ1) is 17.2. The van der Waals surface area contributed by atoms with Crippen LogP contribution in [-0.4, -0.2) is 47.1 Å². The maximum atomic E-state index is 12.3. The van der Waals surface area contributed by atoms with Crippen molar-refractivity contribution in [2.45, 2.75) is 25.7 Å². The van der Waals surface area contributed by atoms with Gasteiger partial charge in [0.1, 0.15) is 5.75 Å². The Morgan fingerprint density at radius 2 is 2.32 bits per heavy atom. The molecule has 3 rings (SSSR count). The van der Waals surface area contributed by atoms with Crippen LogP contribution in [0.4, 0.5) is 4.79 Å². The highest BCUT2D eigenvalue weighted by molar-refractivity contribution is 5.74. The van der Waals surface area contributed by atoms with Crippen molar-refractivity contribution in [3.8, 4) is 5.75 Å². The van der Waals surface area contributed by atoms with Crippen molar-refractivity contribution in [2.75, 3.05) is 26.2 Å². The van der Waals surface area contributed by atoms with Crippen molar-refractivity contribution >= 4 is 6.03 Å². The Hall–Kier alpha value is -2.63. The average Bonchev–Trinajstić information content (AvgIpc) is 3.13. The fourth-order valence-corrected chi connectivity index (χ4v) is 3.09. The van der Waals surface area contributed by atoms with Gasteiger partial charge in [-0.05, 0) is 37.5 Å². The number of nitrogens with one attached hydrogen (secondary N) is 1. The SMILES string of the molecule is CCOc1cccc(CCNC(=O)N2CCC(c3cnccn3)C2)c1. The molecule has 1 saturated heterocycles. The van der Waals surface area contributed by atoms with Crippen molar-refractivity contribution in [3.63, 3.8) is 0 Å².